The molecule has 0 aliphatic heterocycles. The van der Waals surface area contributed by atoms with Gasteiger partial charge in [-0.2, -0.15) is 0 Å². The topological polar surface area (TPSA) is 113 Å². The van der Waals surface area contributed by atoms with Gasteiger partial charge in [0.05, 0.1) is 6.10 Å². The normalized spacial score (nSPS) is 12.8. The maximum absolute atomic E-state index is 11.9. The lowest BCUT2D eigenvalue weighted by Crippen LogP contribution is -2.43. The number of nitrogens with one attached hydrogen (secondary N) is 1. The molecule has 2 aromatic carbocycles. The SMILES string of the molecule is Cc1ccc(Cl)cc1-c1ccc(C[C@H](C[C@@H](O)C(=O)OC(C)C)NC(=O)C(=O)O)cc1. The number of aliphatic hydroxyl groups excluding tert-OH is 1. The molecule has 0 radical (unpaired) electrons. The van der Waals surface area contributed by atoms with Crippen LogP contribution in [0.5, 0.6) is 0 Å². The van der Waals surface area contributed by atoms with Crippen molar-refractivity contribution in [1.29, 1.82) is 0 Å². The van der Waals surface area contributed by atoms with E-state index in [0.29, 0.717) is 5.02 Å². The van der Waals surface area contributed by atoms with Gasteiger partial charge in [-0.15, -0.1) is 0 Å². The fraction of sp³-hybridized carbons (Fsp3) is 0.348. The summed E-state index contributed by atoms with van der Waals surface area (Å²) in [6, 6.07) is 12.3. The number of esters is 1. The number of aliphatic hydroxyl groups is 1. The van der Waals surface area contributed by atoms with Crippen molar-refractivity contribution in [3.8, 4) is 11.1 Å². The number of aryl methyl sites for hydroxylation is 1. The Hall–Kier alpha value is -2.90. The number of carbonyl (C=O) groups excluding carboxylic acids is 2. The lowest BCUT2D eigenvalue weighted by Gasteiger charge is -2.21. The summed E-state index contributed by atoms with van der Waals surface area (Å²) in [5.74, 6) is -3.67. The largest absolute Gasteiger partial charge is 0.474 e. The van der Waals surface area contributed by atoms with Crippen LogP contribution in [0.4, 0.5) is 0 Å². The molecule has 3 N–H and O–H groups in total. The van der Waals surface area contributed by atoms with E-state index in [0.717, 1.165) is 22.3 Å². The highest BCUT2D eigenvalue weighted by Crippen LogP contribution is 2.27. The maximum Gasteiger partial charge on any atom is 0.394 e. The first kappa shape index (κ1) is 24.4. The van der Waals surface area contributed by atoms with Gasteiger partial charge in [0.15, 0.2) is 6.10 Å². The summed E-state index contributed by atoms with van der Waals surface area (Å²) in [6.07, 6.45) is -1.86. The molecule has 1 amide bonds. The Labute approximate surface area is 186 Å². The van der Waals surface area contributed by atoms with Gasteiger partial charge in [-0.1, -0.05) is 41.9 Å². The van der Waals surface area contributed by atoms with Crippen LogP contribution in [0.2, 0.25) is 5.02 Å². The van der Waals surface area contributed by atoms with Crippen molar-refractivity contribution >= 4 is 29.4 Å². The Kier molecular flexibility index (Phi) is 8.59. The van der Waals surface area contributed by atoms with Gasteiger partial charge in [-0.05, 0) is 61.6 Å². The van der Waals surface area contributed by atoms with E-state index in [2.05, 4.69) is 5.32 Å². The van der Waals surface area contributed by atoms with Gasteiger partial charge in [0.2, 0.25) is 0 Å². The van der Waals surface area contributed by atoms with Crippen LogP contribution in [0.25, 0.3) is 11.1 Å². The van der Waals surface area contributed by atoms with Crippen molar-refractivity contribution in [2.24, 2.45) is 0 Å². The number of carboxylic acids is 1. The van der Waals surface area contributed by atoms with Crippen molar-refractivity contribution in [3.05, 3.63) is 58.6 Å². The van der Waals surface area contributed by atoms with Gasteiger partial charge < -0.3 is 20.3 Å². The third kappa shape index (κ3) is 7.38. The Bertz CT molecular complexity index is 942. The average Bonchev–Trinajstić information content (AvgIpc) is 2.69. The summed E-state index contributed by atoms with van der Waals surface area (Å²) in [5.41, 5.74) is 3.80. The van der Waals surface area contributed by atoms with Gasteiger partial charge in [-0.3, -0.25) is 4.79 Å². The third-order valence-electron chi connectivity index (χ3n) is 4.61. The number of halogens is 1. The quantitative estimate of drug-likeness (QED) is 0.423. The molecule has 0 bridgehead atoms. The highest BCUT2D eigenvalue weighted by Gasteiger charge is 2.26. The van der Waals surface area contributed by atoms with Crippen LogP contribution in [0.3, 0.4) is 0 Å². The minimum absolute atomic E-state index is 0.181. The van der Waals surface area contributed by atoms with E-state index in [1.807, 2.05) is 49.4 Å². The second kappa shape index (κ2) is 10.9. The molecule has 0 heterocycles. The molecule has 0 aliphatic carbocycles. The molecule has 166 valence electrons. The minimum atomic E-state index is -1.64. The number of ether oxygens (including phenoxy) is 1. The summed E-state index contributed by atoms with van der Waals surface area (Å²) in [6.45, 7) is 5.28. The average molecular weight is 448 g/mol. The lowest BCUT2D eigenvalue weighted by atomic mass is 9.96. The maximum atomic E-state index is 11.9. The van der Waals surface area contributed by atoms with E-state index >= 15 is 0 Å². The van der Waals surface area contributed by atoms with Crippen LogP contribution in [0.15, 0.2) is 42.5 Å². The lowest BCUT2D eigenvalue weighted by molar-refractivity contribution is -0.158. The van der Waals surface area contributed by atoms with Crippen LogP contribution in [0, 0.1) is 6.92 Å². The van der Waals surface area contributed by atoms with Crippen molar-refractivity contribution in [1.82, 2.24) is 5.32 Å². The monoisotopic (exact) mass is 447 g/mol. The summed E-state index contributed by atoms with van der Waals surface area (Å²) in [4.78, 5) is 34.5. The van der Waals surface area contributed by atoms with Crippen molar-refractivity contribution in [2.45, 2.75) is 51.9 Å². The second-order valence-corrected chi connectivity index (χ2v) is 8.01. The fourth-order valence-corrected chi connectivity index (χ4v) is 3.30. The van der Waals surface area contributed by atoms with E-state index in [-0.39, 0.29) is 12.8 Å². The summed E-state index contributed by atoms with van der Waals surface area (Å²) < 4.78 is 4.97. The number of hydrogen-bond donors (Lipinski definition) is 3. The van der Waals surface area contributed by atoms with E-state index in [9.17, 15) is 19.5 Å². The molecule has 31 heavy (non-hydrogen) atoms. The first-order valence-corrected chi connectivity index (χ1v) is 10.2. The molecular weight excluding hydrogens is 422 g/mol. The van der Waals surface area contributed by atoms with Crippen LogP contribution in [-0.4, -0.2) is 46.3 Å². The van der Waals surface area contributed by atoms with Gasteiger partial charge in [-0.25, -0.2) is 9.59 Å². The predicted octanol–water partition coefficient (Wildman–Crippen LogP) is 3.13. The number of amides is 1. The highest BCUT2D eigenvalue weighted by atomic mass is 35.5. The zero-order valence-electron chi connectivity index (χ0n) is 17.6. The van der Waals surface area contributed by atoms with E-state index in [1.54, 1.807) is 13.8 Å². The number of carbonyl (C=O) groups is 3. The summed E-state index contributed by atoms with van der Waals surface area (Å²) in [5, 5.41) is 22.0. The standard InChI is InChI=1S/C23H26ClNO6/c1-13(2)31-23(30)20(26)12-18(25-21(27)22(28)29)10-15-5-7-16(8-6-15)19-11-17(24)9-4-14(19)3/h4-9,11,13,18,20,26H,10,12H2,1-3H3,(H,25,27)(H,28,29)/t18-,20-/m1/s1. The van der Waals surface area contributed by atoms with Gasteiger partial charge in [0.1, 0.15) is 0 Å². The molecule has 2 rings (SSSR count). The molecule has 0 saturated heterocycles. The Morgan fingerprint density at radius 2 is 1.74 bits per heavy atom. The van der Waals surface area contributed by atoms with Gasteiger partial charge in [0, 0.05) is 17.5 Å². The van der Waals surface area contributed by atoms with E-state index < -0.39 is 36.1 Å². The zero-order chi connectivity index (χ0) is 23.1. The summed E-state index contributed by atoms with van der Waals surface area (Å²) >= 11 is 6.10. The first-order chi connectivity index (χ1) is 14.6. The Balaban J connectivity index is 2.17. The van der Waals surface area contributed by atoms with Crippen LogP contribution < -0.4 is 5.32 Å². The molecular formula is C23H26ClNO6. The number of benzene rings is 2. The Morgan fingerprint density at radius 3 is 2.32 bits per heavy atom. The van der Waals surface area contributed by atoms with E-state index in [1.165, 1.54) is 0 Å². The molecule has 0 aliphatic rings. The molecule has 2 aromatic rings. The smallest absolute Gasteiger partial charge is 0.394 e. The van der Waals surface area contributed by atoms with Crippen LogP contribution in [0.1, 0.15) is 31.4 Å². The molecule has 0 saturated carbocycles. The zero-order valence-corrected chi connectivity index (χ0v) is 18.3. The number of aliphatic carboxylic acids is 1. The molecule has 0 unspecified atom stereocenters. The Morgan fingerprint density at radius 1 is 1.10 bits per heavy atom. The highest BCUT2D eigenvalue weighted by molar-refractivity contribution is 6.31. The number of rotatable bonds is 8. The number of carboxylic acid groups (broad SMARTS) is 1. The summed E-state index contributed by atoms with van der Waals surface area (Å²) in [7, 11) is 0. The van der Waals surface area contributed by atoms with Gasteiger partial charge in [0.25, 0.3) is 0 Å². The van der Waals surface area contributed by atoms with Crippen molar-refractivity contribution in [2.75, 3.05) is 0 Å². The molecule has 0 fully saturated rings. The van der Waals surface area contributed by atoms with Crippen molar-refractivity contribution < 1.29 is 29.3 Å². The van der Waals surface area contributed by atoms with Crippen LogP contribution >= 0.6 is 11.6 Å². The molecule has 7 nitrogen and oxygen atoms in total. The molecule has 0 aromatic heterocycles. The second-order valence-electron chi connectivity index (χ2n) is 7.57. The third-order valence-corrected chi connectivity index (χ3v) is 4.84. The van der Waals surface area contributed by atoms with Gasteiger partial charge >= 0.3 is 17.8 Å². The first-order valence-electron chi connectivity index (χ1n) is 9.84. The fourth-order valence-electron chi connectivity index (χ4n) is 3.13. The predicted molar refractivity (Wildman–Crippen MR) is 117 cm³/mol. The van der Waals surface area contributed by atoms with Crippen LogP contribution in [-0.2, 0) is 25.5 Å². The molecule has 2 atom stereocenters. The number of hydrogen-bond acceptors (Lipinski definition) is 5. The molecule has 0 spiro atoms. The van der Waals surface area contributed by atoms with E-state index in [4.69, 9.17) is 21.4 Å². The molecule has 8 heteroatoms. The van der Waals surface area contributed by atoms with Crippen molar-refractivity contribution in [3.63, 3.8) is 0 Å². The minimum Gasteiger partial charge on any atom is -0.474 e.